The maximum absolute atomic E-state index is 12.8. The maximum atomic E-state index is 12.8. The Bertz CT molecular complexity index is 1090. The van der Waals surface area contributed by atoms with Gasteiger partial charge in [-0.2, -0.15) is 5.26 Å². The molecule has 0 unspecified atom stereocenters. The van der Waals surface area contributed by atoms with Gasteiger partial charge in [0.2, 0.25) is 0 Å². The van der Waals surface area contributed by atoms with Gasteiger partial charge in [0.25, 0.3) is 11.8 Å². The van der Waals surface area contributed by atoms with E-state index in [1.165, 1.54) is 7.05 Å². The summed E-state index contributed by atoms with van der Waals surface area (Å²) in [5.74, 6) is -0.817. The average molecular weight is 432 g/mol. The Morgan fingerprint density at radius 1 is 1.00 bits per heavy atom. The van der Waals surface area contributed by atoms with Gasteiger partial charge in [0.15, 0.2) is 6.19 Å². The second-order valence-corrected chi connectivity index (χ2v) is 7.51. The Kier molecular flexibility index (Phi) is 7.42. The SMILES string of the molecule is CN(C#N)C(=O)[C@H](CCc1ccccc1)NC(=O)c1ccc(-c2ccccc2Cl)cc1. The van der Waals surface area contributed by atoms with Crippen molar-refractivity contribution in [1.29, 1.82) is 5.26 Å². The lowest BCUT2D eigenvalue weighted by molar-refractivity contribution is -0.129. The average Bonchev–Trinajstić information content (AvgIpc) is 2.81. The number of hydrogen-bond acceptors (Lipinski definition) is 3. The van der Waals surface area contributed by atoms with Gasteiger partial charge in [0.1, 0.15) is 6.04 Å². The van der Waals surface area contributed by atoms with E-state index >= 15 is 0 Å². The molecule has 31 heavy (non-hydrogen) atoms. The summed E-state index contributed by atoms with van der Waals surface area (Å²) >= 11 is 6.25. The Morgan fingerprint density at radius 2 is 1.65 bits per heavy atom. The lowest BCUT2D eigenvalue weighted by Gasteiger charge is -2.20. The van der Waals surface area contributed by atoms with Gasteiger partial charge in [0.05, 0.1) is 0 Å². The van der Waals surface area contributed by atoms with Gasteiger partial charge < -0.3 is 5.32 Å². The normalized spacial score (nSPS) is 11.3. The van der Waals surface area contributed by atoms with Crippen molar-refractivity contribution in [3.8, 4) is 17.3 Å². The number of hydrogen-bond donors (Lipinski definition) is 1. The predicted octanol–water partition coefficient (Wildman–Crippen LogP) is 4.68. The highest BCUT2D eigenvalue weighted by Gasteiger charge is 2.24. The summed E-state index contributed by atoms with van der Waals surface area (Å²) in [6.45, 7) is 0. The van der Waals surface area contributed by atoms with E-state index in [4.69, 9.17) is 16.9 Å². The number of benzene rings is 3. The van der Waals surface area contributed by atoms with Crippen LogP contribution in [-0.4, -0.2) is 29.8 Å². The highest BCUT2D eigenvalue weighted by molar-refractivity contribution is 6.33. The van der Waals surface area contributed by atoms with Gasteiger partial charge in [-0.25, -0.2) is 0 Å². The number of nitriles is 1. The number of carbonyl (C=O) groups is 2. The van der Waals surface area contributed by atoms with Crippen LogP contribution < -0.4 is 5.32 Å². The fourth-order valence-electron chi connectivity index (χ4n) is 3.23. The van der Waals surface area contributed by atoms with Crippen molar-refractivity contribution >= 4 is 23.4 Å². The summed E-state index contributed by atoms with van der Waals surface area (Å²) in [7, 11) is 1.39. The first kappa shape index (κ1) is 22.1. The molecule has 0 fully saturated rings. The number of amides is 2. The zero-order chi connectivity index (χ0) is 22.2. The van der Waals surface area contributed by atoms with E-state index in [9.17, 15) is 9.59 Å². The molecule has 156 valence electrons. The van der Waals surface area contributed by atoms with E-state index < -0.39 is 11.9 Å². The maximum Gasteiger partial charge on any atom is 0.257 e. The van der Waals surface area contributed by atoms with Crippen molar-refractivity contribution in [1.82, 2.24) is 10.2 Å². The van der Waals surface area contributed by atoms with Crippen molar-refractivity contribution < 1.29 is 9.59 Å². The van der Waals surface area contributed by atoms with Gasteiger partial charge in [-0.05, 0) is 42.2 Å². The smallest absolute Gasteiger partial charge is 0.257 e. The van der Waals surface area contributed by atoms with Crippen molar-refractivity contribution in [2.24, 2.45) is 0 Å². The van der Waals surface area contributed by atoms with Crippen LogP contribution in [0.25, 0.3) is 11.1 Å². The molecule has 5 nitrogen and oxygen atoms in total. The van der Waals surface area contributed by atoms with Gasteiger partial charge in [0, 0.05) is 23.2 Å². The number of nitrogens with zero attached hydrogens (tertiary/aromatic N) is 2. The summed E-state index contributed by atoms with van der Waals surface area (Å²) in [5.41, 5.74) is 3.25. The third-order valence-electron chi connectivity index (χ3n) is 4.98. The van der Waals surface area contributed by atoms with Crippen LogP contribution in [0.3, 0.4) is 0 Å². The molecule has 0 bridgehead atoms. The molecule has 0 aliphatic carbocycles. The molecular weight excluding hydrogens is 410 g/mol. The van der Waals surface area contributed by atoms with Crippen molar-refractivity contribution in [3.05, 3.63) is 95.0 Å². The number of carbonyl (C=O) groups excluding carboxylic acids is 2. The summed E-state index contributed by atoms with van der Waals surface area (Å²) in [6, 6.07) is 23.4. The van der Waals surface area contributed by atoms with Crippen LogP contribution in [0.4, 0.5) is 0 Å². The number of rotatable bonds is 7. The van der Waals surface area contributed by atoms with Crippen LogP contribution >= 0.6 is 11.6 Å². The van der Waals surface area contributed by atoms with Gasteiger partial charge in [-0.3, -0.25) is 14.5 Å². The summed E-state index contributed by atoms with van der Waals surface area (Å²) in [5, 5.41) is 12.5. The molecule has 0 radical (unpaired) electrons. The van der Waals surface area contributed by atoms with Crippen molar-refractivity contribution in [2.75, 3.05) is 7.05 Å². The Balaban J connectivity index is 1.73. The zero-order valence-electron chi connectivity index (χ0n) is 17.1. The minimum Gasteiger partial charge on any atom is -0.340 e. The third kappa shape index (κ3) is 5.71. The van der Waals surface area contributed by atoms with Crippen LogP contribution in [-0.2, 0) is 11.2 Å². The minimum atomic E-state index is -0.805. The fourth-order valence-corrected chi connectivity index (χ4v) is 3.48. The van der Waals surface area contributed by atoms with Crippen LogP contribution in [0.1, 0.15) is 22.3 Å². The molecule has 2 amide bonds. The topological polar surface area (TPSA) is 73.2 Å². The molecule has 0 heterocycles. The van der Waals surface area contributed by atoms with Gasteiger partial charge >= 0.3 is 0 Å². The molecular formula is C25H22ClN3O2. The number of nitrogens with one attached hydrogen (secondary N) is 1. The van der Waals surface area contributed by atoms with Crippen LogP contribution in [0.5, 0.6) is 0 Å². The first-order valence-electron chi connectivity index (χ1n) is 9.86. The highest BCUT2D eigenvalue weighted by Crippen LogP contribution is 2.27. The number of likely N-dealkylation sites (N-methyl/N-ethyl adjacent to an activating group) is 1. The molecule has 0 aliphatic heterocycles. The molecule has 1 N–H and O–H groups in total. The monoisotopic (exact) mass is 431 g/mol. The lowest BCUT2D eigenvalue weighted by Crippen LogP contribution is -2.46. The fraction of sp³-hybridized carbons (Fsp3) is 0.160. The molecule has 3 rings (SSSR count). The van der Waals surface area contributed by atoms with E-state index in [-0.39, 0.29) is 5.91 Å². The Hall–Kier alpha value is -3.62. The summed E-state index contributed by atoms with van der Waals surface area (Å²) in [6.07, 6.45) is 2.79. The molecule has 0 aromatic heterocycles. The van der Waals surface area contributed by atoms with E-state index in [2.05, 4.69) is 5.32 Å². The predicted molar refractivity (Wildman–Crippen MR) is 121 cm³/mol. The molecule has 0 aliphatic rings. The number of halogens is 1. The Morgan fingerprint density at radius 3 is 2.29 bits per heavy atom. The first-order chi connectivity index (χ1) is 15.0. The highest BCUT2D eigenvalue weighted by atomic mass is 35.5. The van der Waals surface area contributed by atoms with Crippen molar-refractivity contribution in [3.63, 3.8) is 0 Å². The molecule has 3 aromatic carbocycles. The first-order valence-corrected chi connectivity index (χ1v) is 10.2. The standard InChI is InChI=1S/C25H22ClN3O2/c1-29(17-27)25(31)23(16-11-18-7-3-2-4-8-18)28-24(30)20-14-12-19(13-15-20)21-9-5-6-10-22(21)26/h2-10,12-15,23H,11,16H2,1H3,(H,28,30)/t23-/m0/s1. The zero-order valence-corrected chi connectivity index (χ0v) is 17.8. The molecule has 1 atom stereocenters. The third-order valence-corrected chi connectivity index (χ3v) is 5.31. The van der Waals surface area contributed by atoms with Crippen LogP contribution in [0.2, 0.25) is 5.02 Å². The second-order valence-electron chi connectivity index (χ2n) is 7.10. The van der Waals surface area contributed by atoms with E-state index in [0.717, 1.165) is 21.6 Å². The van der Waals surface area contributed by atoms with Crippen LogP contribution in [0.15, 0.2) is 78.9 Å². The molecule has 0 spiro atoms. The quantitative estimate of drug-likeness (QED) is 0.436. The molecule has 3 aromatic rings. The van der Waals surface area contributed by atoms with E-state index in [1.54, 1.807) is 12.1 Å². The van der Waals surface area contributed by atoms with Gasteiger partial charge in [-0.1, -0.05) is 72.3 Å². The molecule has 0 saturated heterocycles. The van der Waals surface area contributed by atoms with E-state index in [0.29, 0.717) is 23.4 Å². The van der Waals surface area contributed by atoms with Crippen LogP contribution in [0, 0.1) is 11.5 Å². The largest absolute Gasteiger partial charge is 0.340 e. The van der Waals surface area contributed by atoms with E-state index in [1.807, 2.05) is 72.9 Å². The molecule has 6 heteroatoms. The van der Waals surface area contributed by atoms with Crippen molar-refractivity contribution in [2.45, 2.75) is 18.9 Å². The van der Waals surface area contributed by atoms with Gasteiger partial charge in [-0.15, -0.1) is 0 Å². The second kappa shape index (κ2) is 10.4. The Labute approximate surface area is 186 Å². The lowest BCUT2D eigenvalue weighted by atomic mass is 10.0. The summed E-state index contributed by atoms with van der Waals surface area (Å²) in [4.78, 5) is 26.4. The summed E-state index contributed by atoms with van der Waals surface area (Å²) < 4.78 is 0. The number of aryl methyl sites for hydroxylation is 1. The minimum absolute atomic E-state index is 0.372. The molecule has 0 saturated carbocycles.